The summed E-state index contributed by atoms with van der Waals surface area (Å²) in [7, 11) is 5.52. The molecule has 2 fully saturated rings. The van der Waals surface area contributed by atoms with Gasteiger partial charge in [-0.3, -0.25) is 4.79 Å². The van der Waals surface area contributed by atoms with Crippen molar-refractivity contribution in [3.8, 4) is 5.75 Å². The monoisotopic (exact) mass is 502 g/mol. The van der Waals surface area contributed by atoms with E-state index < -0.39 is 17.3 Å². The summed E-state index contributed by atoms with van der Waals surface area (Å²) in [6.45, 7) is 1.69. The highest BCUT2D eigenvalue weighted by Crippen LogP contribution is 2.53. The molecule has 1 heterocycles. The average molecular weight is 503 g/mol. The second-order valence-electron chi connectivity index (χ2n) is 9.91. The van der Waals surface area contributed by atoms with Gasteiger partial charge in [0.25, 0.3) is 0 Å². The normalized spacial score (nSPS) is 27.0. The number of halogens is 3. The number of nitrogens with one attached hydrogen (secondary N) is 1. The molecular weight excluding hydrogens is 469 g/mol. The molecule has 0 bridgehead atoms. The number of hydrogen-bond acceptors (Lipinski definition) is 4. The predicted molar refractivity (Wildman–Crippen MR) is 133 cm³/mol. The van der Waals surface area contributed by atoms with Crippen LogP contribution in [0.15, 0.2) is 54.6 Å². The van der Waals surface area contributed by atoms with Crippen LogP contribution in [0.4, 0.5) is 13.2 Å². The third kappa shape index (κ3) is 5.15. The summed E-state index contributed by atoms with van der Waals surface area (Å²) in [5.74, 6) is 0.456. The molecule has 1 amide bonds. The Balaban J connectivity index is 1.56. The van der Waals surface area contributed by atoms with Crippen LogP contribution in [0.1, 0.15) is 42.4 Å². The smallest absolute Gasteiger partial charge is 0.416 e. The molecule has 2 aromatic carbocycles. The van der Waals surface area contributed by atoms with E-state index in [4.69, 9.17) is 9.47 Å². The van der Waals surface area contributed by atoms with Gasteiger partial charge in [0, 0.05) is 31.2 Å². The molecule has 194 valence electrons. The Bertz CT molecular complexity index is 1120. The van der Waals surface area contributed by atoms with Crippen molar-refractivity contribution < 1.29 is 27.4 Å². The van der Waals surface area contributed by atoms with E-state index in [-0.39, 0.29) is 17.4 Å². The standard InChI is InChI=1S/C28H33F3N2O3/c1-33-15-14-26(21-7-5-9-24(17-21)35-2)18-23(12-13-27(26,19-33)36-3)32-25(34)11-10-20-6-4-8-22(16-20)28(29,30)31/h4-11,16-17,23H,12-15,18-19H2,1-3H3,(H,32,34)/b11-10+. The summed E-state index contributed by atoms with van der Waals surface area (Å²) in [6, 6.07) is 12.9. The number of methoxy groups -OCH3 is 2. The van der Waals surface area contributed by atoms with Crippen LogP contribution >= 0.6 is 0 Å². The van der Waals surface area contributed by atoms with Crippen molar-refractivity contribution in [3.05, 3.63) is 71.3 Å². The molecular formula is C28H33F3N2O3. The van der Waals surface area contributed by atoms with E-state index >= 15 is 0 Å². The van der Waals surface area contributed by atoms with Crippen LogP contribution in [0.3, 0.4) is 0 Å². The SMILES string of the molecule is COc1cccc(C23CCN(C)CC2(OC)CCC(NC(=O)/C=C/c2cccc(C(F)(F)F)c2)C3)c1. The van der Waals surface area contributed by atoms with Crippen LogP contribution in [0.5, 0.6) is 5.75 Å². The fourth-order valence-electron chi connectivity index (χ4n) is 5.98. The Kier molecular flexibility index (Phi) is 7.48. The second-order valence-corrected chi connectivity index (χ2v) is 9.91. The lowest BCUT2D eigenvalue weighted by atomic mass is 9.55. The molecule has 4 rings (SSSR count). The first-order valence-corrected chi connectivity index (χ1v) is 12.1. The Labute approximate surface area is 210 Å². The Hall–Kier alpha value is -2.84. The average Bonchev–Trinajstić information content (AvgIpc) is 2.87. The molecule has 1 aliphatic heterocycles. The van der Waals surface area contributed by atoms with Gasteiger partial charge in [-0.05, 0) is 80.7 Å². The van der Waals surface area contributed by atoms with E-state index in [9.17, 15) is 18.0 Å². The third-order valence-corrected chi connectivity index (χ3v) is 7.81. The number of hydrogen-bond donors (Lipinski definition) is 1. The number of carbonyl (C=O) groups is 1. The van der Waals surface area contributed by atoms with E-state index in [0.717, 1.165) is 55.8 Å². The summed E-state index contributed by atoms with van der Waals surface area (Å²) in [5, 5.41) is 3.09. The molecule has 3 unspecified atom stereocenters. The number of alkyl halides is 3. The summed E-state index contributed by atoms with van der Waals surface area (Å²) in [6.07, 6.45) is 1.39. The van der Waals surface area contributed by atoms with Crippen LogP contribution in [-0.2, 0) is 21.1 Å². The van der Waals surface area contributed by atoms with Crippen LogP contribution < -0.4 is 10.1 Å². The number of likely N-dealkylation sites (tertiary alicyclic amines) is 1. The lowest BCUT2D eigenvalue weighted by Gasteiger charge is -2.59. The van der Waals surface area contributed by atoms with Crippen LogP contribution in [0.25, 0.3) is 6.08 Å². The molecule has 1 saturated heterocycles. The number of benzene rings is 2. The Morgan fingerprint density at radius 3 is 2.64 bits per heavy atom. The molecule has 8 heteroatoms. The van der Waals surface area contributed by atoms with Gasteiger partial charge in [-0.25, -0.2) is 0 Å². The minimum Gasteiger partial charge on any atom is -0.497 e. The predicted octanol–water partition coefficient (Wildman–Crippen LogP) is 5.05. The molecule has 0 radical (unpaired) electrons. The Morgan fingerprint density at radius 2 is 1.92 bits per heavy atom. The highest BCUT2D eigenvalue weighted by molar-refractivity contribution is 5.92. The van der Waals surface area contributed by atoms with Crippen molar-refractivity contribution in [2.24, 2.45) is 0 Å². The minimum absolute atomic E-state index is 0.0958. The first kappa shape index (κ1) is 26.2. The molecule has 3 atom stereocenters. The Morgan fingerprint density at radius 1 is 1.14 bits per heavy atom. The fraction of sp³-hybridized carbons (Fsp3) is 0.464. The number of amides is 1. The summed E-state index contributed by atoms with van der Waals surface area (Å²) in [4.78, 5) is 15.1. The van der Waals surface area contributed by atoms with Crippen molar-refractivity contribution in [2.75, 3.05) is 34.4 Å². The summed E-state index contributed by atoms with van der Waals surface area (Å²) < 4.78 is 50.8. The first-order chi connectivity index (χ1) is 17.1. The number of rotatable bonds is 6. The maximum absolute atomic E-state index is 13.0. The van der Waals surface area contributed by atoms with Crippen molar-refractivity contribution in [3.63, 3.8) is 0 Å². The largest absolute Gasteiger partial charge is 0.497 e. The topological polar surface area (TPSA) is 50.8 Å². The number of likely N-dealkylation sites (N-methyl/N-ethyl adjacent to an activating group) is 1. The van der Waals surface area contributed by atoms with E-state index in [2.05, 4.69) is 29.4 Å². The number of carbonyl (C=O) groups excluding carboxylic acids is 1. The van der Waals surface area contributed by atoms with E-state index in [0.29, 0.717) is 12.0 Å². The zero-order valence-electron chi connectivity index (χ0n) is 20.9. The van der Waals surface area contributed by atoms with Crippen molar-refractivity contribution in [1.29, 1.82) is 0 Å². The quantitative estimate of drug-likeness (QED) is 0.562. The minimum atomic E-state index is -4.43. The van der Waals surface area contributed by atoms with Crippen LogP contribution in [0, 0.1) is 0 Å². The van der Waals surface area contributed by atoms with Gasteiger partial charge in [0.2, 0.25) is 5.91 Å². The molecule has 1 N–H and O–H groups in total. The maximum Gasteiger partial charge on any atom is 0.416 e. The number of fused-ring (bicyclic) bond motifs is 1. The number of piperidine rings is 1. The molecule has 5 nitrogen and oxygen atoms in total. The van der Waals surface area contributed by atoms with E-state index in [1.165, 1.54) is 18.2 Å². The summed E-state index contributed by atoms with van der Waals surface area (Å²) in [5.41, 5.74) is 0.00164. The van der Waals surface area contributed by atoms with Crippen LogP contribution in [-0.4, -0.2) is 56.8 Å². The first-order valence-electron chi connectivity index (χ1n) is 12.1. The molecule has 36 heavy (non-hydrogen) atoms. The van der Waals surface area contributed by atoms with Crippen molar-refractivity contribution in [1.82, 2.24) is 10.2 Å². The van der Waals surface area contributed by atoms with Gasteiger partial charge in [0.05, 0.1) is 18.3 Å². The highest BCUT2D eigenvalue weighted by atomic mass is 19.4. The van der Waals surface area contributed by atoms with Crippen LogP contribution in [0.2, 0.25) is 0 Å². The van der Waals surface area contributed by atoms with E-state index in [1.807, 2.05) is 12.1 Å². The van der Waals surface area contributed by atoms with Gasteiger partial charge in [-0.2, -0.15) is 13.2 Å². The maximum atomic E-state index is 13.0. The molecule has 2 aliphatic rings. The molecule has 2 aromatic rings. The molecule has 1 aliphatic carbocycles. The van der Waals surface area contributed by atoms with Gasteiger partial charge in [-0.15, -0.1) is 0 Å². The third-order valence-electron chi connectivity index (χ3n) is 7.81. The molecule has 0 spiro atoms. The van der Waals surface area contributed by atoms with Gasteiger partial charge in [-0.1, -0.05) is 24.3 Å². The van der Waals surface area contributed by atoms with E-state index in [1.54, 1.807) is 20.3 Å². The summed E-state index contributed by atoms with van der Waals surface area (Å²) >= 11 is 0. The zero-order chi connectivity index (χ0) is 26.0. The molecule has 0 aromatic heterocycles. The second kappa shape index (κ2) is 10.3. The van der Waals surface area contributed by atoms with Crippen molar-refractivity contribution in [2.45, 2.75) is 48.9 Å². The highest BCUT2D eigenvalue weighted by Gasteiger charge is 2.58. The number of nitrogens with zero attached hydrogens (tertiary/aromatic N) is 1. The molecule has 1 saturated carbocycles. The van der Waals surface area contributed by atoms with Gasteiger partial charge >= 0.3 is 6.18 Å². The number of ether oxygens (including phenoxy) is 2. The van der Waals surface area contributed by atoms with Gasteiger partial charge < -0.3 is 19.7 Å². The van der Waals surface area contributed by atoms with Gasteiger partial charge in [0.15, 0.2) is 0 Å². The lowest BCUT2D eigenvalue weighted by Crippen LogP contribution is -2.67. The van der Waals surface area contributed by atoms with Gasteiger partial charge in [0.1, 0.15) is 5.75 Å². The fourth-order valence-corrected chi connectivity index (χ4v) is 5.98. The zero-order valence-corrected chi connectivity index (χ0v) is 20.9. The lowest BCUT2D eigenvalue weighted by molar-refractivity contribution is -0.146. The van der Waals surface area contributed by atoms with Crippen molar-refractivity contribution >= 4 is 12.0 Å².